The number of benzene rings is 2. The van der Waals surface area contributed by atoms with Crippen molar-refractivity contribution >= 4 is 23.4 Å². The number of methoxy groups -OCH3 is 1. The summed E-state index contributed by atoms with van der Waals surface area (Å²) in [5, 5.41) is 10.5. The van der Waals surface area contributed by atoms with Crippen LogP contribution in [0.25, 0.3) is 5.69 Å². The van der Waals surface area contributed by atoms with Crippen molar-refractivity contribution in [2.45, 2.75) is 11.3 Å². The molecule has 6 nitrogen and oxygen atoms in total. The fourth-order valence-corrected chi connectivity index (χ4v) is 3.14. The number of anilines is 1. The molecule has 0 radical (unpaired) electrons. The maximum absolute atomic E-state index is 13.0. The molecule has 1 N–H and O–H groups in total. The summed E-state index contributed by atoms with van der Waals surface area (Å²) in [6.45, 7) is 0. The molecule has 0 fully saturated rings. The number of amides is 1. The Bertz CT molecular complexity index is 975. The van der Waals surface area contributed by atoms with E-state index in [2.05, 4.69) is 15.5 Å². The van der Waals surface area contributed by atoms with Crippen molar-refractivity contribution in [3.8, 4) is 11.4 Å². The number of aromatic nitrogens is 3. The fourth-order valence-electron chi connectivity index (χ4n) is 2.42. The minimum absolute atomic E-state index is 0.130. The van der Waals surface area contributed by atoms with Crippen LogP contribution in [0, 0.1) is 0 Å². The van der Waals surface area contributed by atoms with E-state index in [0.717, 1.165) is 23.5 Å². The average molecular weight is 408 g/mol. The highest BCUT2D eigenvalue weighted by atomic mass is 32.2. The van der Waals surface area contributed by atoms with Crippen LogP contribution >= 0.6 is 11.8 Å². The van der Waals surface area contributed by atoms with Gasteiger partial charge in [0.25, 0.3) is 0 Å². The minimum Gasteiger partial charge on any atom is -0.497 e. The van der Waals surface area contributed by atoms with Gasteiger partial charge in [0.2, 0.25) is 5.91 Å². The number of nitrogens with zero attached hydrogens (tertiary/aromatic N) is 3. The van der Waals surface area contributed by atoms with Crippen LogP contribution in [0.2, 0.25) is 0 Å². The van der Waals surface area contributed by atoms with Gasteiger partial charge >= 0.3 is 6.18 Å². The number of hydrogen-bond acceptors (Lipinski definition) is 5. The number of carbonyl (C=O) groups is 1. The molecule has 0 spiro atoms. The third kappa shape index (κ3) is 4.63. The first-order chi connectivity index (χ1) is 13.4. The van der Waals surface area contributed by atoms with E-state index >= 15 is 0 Å². The molecular formula is C18H15F3N4O2S. The molecule has 0 saturated heterocycles. The molecule has 0 saturated carbocycles. The molecule has 0 unspecified atom stereocenters. The van der Waals surface area contributed by atoms with Gasteiger partial charge in [-0.2, -0.15) is 13.2 Å². The van der Waals surface area contributed by atoms with Crippen molar-refractivity contribution in [2.24, 2.45) is 0 Å². The van der Waals surface area contributed by atoms with Crippen molar-refractivity contribution < 1.29 is 22.7 Å². The van der Waals surface area contributed by atoms with Crippen LogP contribution in [-0.4, -0.2) is 33.5 Å². The molecule has 146 valence electrons. The van der Waals surface area contributed by atoms with Crippen molar-refractivity contribution in [1.82, 2.24) is 14.8 Å². The predicted octanol–water partition coefficient (Wildman–Crippen LogP) is 4.03. The Morgan fingerprint density at radius 2 is 2.00 bits per heavy atom. The first-order valence-corrected chi connectivity index (χ1v) is 9.00. The SMILES string of the molecule is COc1cccc(-n2cnnc2SCC(=O)Nc2ccccc2C(F)(F)F)c1. The second-order valence-electron chi connectivity index (χ2n) is 5.57. The Morgan fingerprint density at radius 3 is 2.75 bits per heavy atom. The van der Waals surface area contributed by atoms with Crippen LogP contribution in [0.4, 0.5) is 18.9 Å². The third-order valence-corrected chi connectivity index (χ3v) is 4.63. The Morgan fingerprint density at radius 1 is 1.21 bits per heavy atom. The van der Waals surface area contributed by atoms with Crippen LogP contribution in [0.1, 0.15) is 5.56 Å². The number of carbonyl (C=O) groups excluding carboxylic acids is 1. The highest BCUT2D eigenvalue weighted by Gasteiger charge is 2.33. The zero-order valence-electron chi connectivity index (χ0n) is 14.6. The van der Waals surface area contributed by atoms with Gasteiger partial charge < -0.3 is 10.1 Å². The highest BCUT2D eigenvalue weighted by molar-refractivity contribution is 7.99. The summed E-state index contributed by atoms with van der Waals surface area (Å²) in [5.41, 5.74) is -0.447. The van der Waals surface area contributed by atoms with Gasteiger partial charge in [-0.05, 0) is 24.3 Å². The number of thioether (sulfide) groups is 1. The zero-order chi connectivity index (χ0) is 20.1. The van der Waals surface area contributed by atoms with Crippen molar-refractivity contribution in [1.29, 1.82) is 0 Å². The Hall–Kier alpha value is -3.01. The van der Waals surface area contributed by atoms with Gasteiger partial charge in [-0.25, -0.2) is 0 Å². The van der Waals surface area contributed by atoms with Crippen molar-refractivity contribution in [3.63, 3.8) is 0 Å². The summed E-state index contributed by atoms with van der Waals surface area (Å²) >= 11 is 1.06. The van der Waals surface area contributed by atoms with Crippen molar-refractivity contribution in [2.75, 3.05) is 18.2 Å². The predicted molar refractivity (Wildman–Crippen MR) is 98.7 cm³/mol. The molecular weight excluding hydrogens is 393 g/mol. The lowest BCUT2D eigenvalue weighted by molar-refractivity contribution is -0.137. The monoisotopic (exact) mass is 408 g/mol. The normalized spacial score (nSPS) is 11.3. The van der Waals surface area contributed by atoms with Crippen LogP contribution in [-0.2, 0) is 11.0 Å². The molecule has 0 aliphatic rings. The molecule has 1 amide bonds. The van der Waals surface area contributed by atoms with E-state index < -0.39 is 17.6 Å². The number of para-hydroxylation sites is 1. The number of rotatable bonds is 6. The third-order valence-electron chi connectivity index (χ3n) is 3.69. The highest BCUT2D eigenvalue weighted by Crippen LogP contribution is 2.34. The minimum atomic E-state index is -4.55. The van der Waals surface area contributed by atoms with Gasteiger partial charge in [0.1, 0.15) is 12.1 Å². The number of alkyl halides is 3. The number of hydrogen-bond donors (Lipinski definition) is 1. The molecule has 3 aromatic rings. The number of ether oxygens (including phenoxy) is 1. The van der Waals surface area contributed by atoms with Gasteiger partial charge in [0.15, 0.2) is 5.16 Å². The Balaban J connectivity index is 1.69. The van der Waals surface area contributed by atoms with E-state index in [4.69, 9.17) is 4.74 Å². The lowest BCUT2D eigenvalue weighted by atomic mass is 10.1. The maximum atomic E-state index is 13.0. The van der Waals surface area contributed by atoms with Gasteiger partial charge in [0.05, 0.1) is 29.8 Å². The fraction of sp³-hybridized carbons (Fsp3) is 0.167. The molecule has 1 heterocycles. The second kappa shape index (κ2) is 8.34. The van der Waals surface area contributed by atoms with Crippen LogP contribution in [0.5, 0.6) is 5.75 Å². The van der Waals surface area contributed by atoms with E-state index in [1.165, 1.54) is 24.5 Å². The van der Waals surface area contributed by atoms with Gasteiger partial charge in [0, 0.05) is 6.07 Å². The van der Waals surface area contributed by atoms with Crippen LogP contribution in [0.3, 0.4) is 0 Å². The lowest BCUT2D eigenvalue weighted by Crippen LogP contribution is -2.18. The van der Waals surface area contributed by atoms with Gasteiger partial charge in [-0.15, -0.1) is 10.2 Å². The average Bonchev–Trinajstić information content (AvgIpc) is 3.14. The summed E-state index contributed by atoms with van der Waals surface area (Å²) in [5.74, 6) is -0.0694. The van der Waals surface area contributed by atoms with E-state index in [9.17, 15) is 18.0 Å². The standard InChI is InChI=1S/C18H15F3N4O2S/c1-27-13-6-4-5-12(9-13)25-11-22-24-17(25)28-10-16(26)23-15-8-3-2-7-14(15)18(19,20)21/h2-9,11H,10H2,1H3,(H,23,26). The summed E-state index contributed by atoms with van der Waals surface area (Å²) < 4.78 is 45.9. The van der Waals surface area contributed by atoms with E-state index in [1.54, 1.807) is 29.9 Å². The molecule has 0 aliphatic heterocycles. The molecule has 2 aromatic carbocycles. The topological polar surface area (TPSA) is 69.0 Å². The molecule has 1 aromatic heterocycles. The summed E-state index contributed by atoms with van der Waals surface area (Å²) in [4.78, 5) is 12.2. The summed E-state index contributed by atoms with van der Waals surface area (Å²) in [7, 11) is 1.55. The van der Waals surface area contributed by atoms with Gasteiger partial charge in [-0.1, -0.05) is 30.0 Å². The lowest BCUT2D eigenvalue weighted by Gasteiger charge is -2.13. The van der Waals surface area contributed by atoms with Crippen LogP contribution in [0.15, 0.2) is 60.0 Å². The quantitative estimate of drug-likeness (QED) is 0.624. The first-order valence-electron chi connectivity index (χ1n) is 8.02. The van der Waals surface area contributed by atoms with Crippen molar-refractivity contribution in [3.05, 3.63) is 60.4 Å². The van der Waals surface area contributed by atoms with Gasteiger partial charge in [-0.3, -0.25) is 9.36 Å². The first kappa shape index (κ1) is 19.7. The van der Waals surface area contributed by atoms with E-state index in [0.29, 0.717) is 10.9 Å². The molecule has 0 atom stereocenters. The zero-order valence-corrected chi connectivity index (χ0v) is 15.4. The number of halogens is 3. The molecule has 28 heavy (non-hydrogen) atoms. The summed E-state index contributed by atoms with van der Waals surface area (Å²) in [6.07, 6.45) is -3.07. The second-order valence-corrected chi connectivity index (χ2v) is 6.51. The summed E-state index contributed by atoms with van der Waals surface area (Å²) in [6, 6.07) is 12.0. The van der Waals surface area contributed by atoms with E-state index in [-0.39, 0.29) is 11.4 Å². The van der Waals surface area contributed by atoms with Crippen LogP contribution < -0.4 is 10.1 Å². The van der Waals surface area contributed by atoms with E-state index in [1.807, 2.05) is 6.07 Å². The maximum Gasteiger partial charge on any atom is 0.418 e. The largest absolute Gasteiger partial charge is 0.497 e. The molecule has 10 heteroatoms. The molecule has 3 rings (SSSR count). The Kier molecular flexibility index (Phi) is 5.88. The number of nitrogens with one attached hydrogen (secondary N) is 1. The molecule has 0 bridgehead atoms. The molecule has 0 aliphatic carbocycles. The smallest absolute Gasteiger partial charge is 0.418 e. The Labute approximate surface area is 162 Å².